The fourth-order valence-corrected chi connectivity index (χ4v) is 2.16. The SMILES string of the molecule is Nc1nc(Cl)c2ncn(C=CCOC(=O)c3ccccc3)c2n1. The number of ether oxygens (including phenoxy) is 1. The maximum Gasteiger partial charge on any atom is 0.338 e. The lowest BCUT2D eigenvalue weighted by atomic mass is 10.2. The van der Waals surface area contributed by atoms with Crippen molar-refractivity contribution in [2.45, 2.75) is 0 Å². The number of fused-ring (bicyclic) bond motifs is 1. The summed E-state index contributed by atoms with van der Waals surface area (Å²) >= 11 is 5.95. The van der Waals surface area contributed by atoms with E-state index in [4.69, 9.17) is 22.1 Å². The highest BCUT2D eigenvalue weighted by molar-refractivity contribution is 6.33. The van der Waals surface area contributed by atoms with Crippen molar-refractivity contribution in [1.82, 2.24) is 19.5 Å². The Bertz CT molecular complexity index is 876. The van der Waals surface area contributed by atoms with Gasteiger partial charge < -0.3 is 10.5 Å². The summed E-state index contributed by atoms with van der Waals surface area (Å²) in [4.78, 5) is 23.8. The fourth-order valence-electron chi connectivity index (χ4n) is 1.94. The molecule has 1 aromatic carbocycles. The van der Waals surface area contributed by atoms with E-state index in [-0.39, 0.29) is 23.7 Å². The average Bonchev–Trinajstić information content (AvgIpc) is 2.95. The Balaban J connectivity index is 1.68. The number of nitrogens with zero attached hydrogens (tertiary/aromatic N) is 4. The number of aromatic nitrogens is 4. The number of nitrogens with two attached hydrogens (primary N) is 1. The summed E-state index contributed by atoms with van der Waals surface area (Å²) < 4.78 is 6.76. The van der Waals surface area contributed by atoms with E-state index in [0.29, 0.717) is 16.7 Å². The van der Waals surface area contributed by atoms with Crippen LogP contribution in [-0.4, -0.2) is 32.1 Å². The van der Waals surface area contributed by atoms with Crippen molar-refractivity contribution >= 4 is 40.9 Å². The van der Waals surface area contributed by atoms with Crippen LogP contribution in [-0.2, 0) is 4.74 Å². The van der Waals surface area contributed by atoms with Crippen molar-refractivity contribution < 1.29 is 9.53 Å². The Morgan fingerprint density at radius 3 is 2.87 bits per heavy atom. The van der Waals surface area contributed by atoms with Gasteiger partial charge in [0.25, 0.3) is 0 Å². The molecule has 0 aliphatic rings. The van der Waals surface area contributed by atoms with Crippen molar-refractivity contribution in [3.63, 3.8) is 0 Å². The molecule has 0 aliphatic carbocycles. The van der Waals surface area contributed by atoms with Crippen LogP contribution < -0.4 is 5.73 Å². The van der Waals surface area contributed by atoms with Crippen molar-refractivity contribution in [2.75, 3.05) is 12.3 Å². The van der Waals surface area contributed by atoms with Gasteiger partial charge >= 0.3 is 5.97 Å². The summed E-state index contributed by atoms with van der Waals surface area (Å²) in [6.45, 7) is 0.113. The van der Waals surface area contributed by atoms with Gasteiger partial charge in [-0.3, -0.25) is 4.57 Å². The van der Waals surface area contributed by atoms with Crippen LogP contribution >= 0.6 is 11.6 Å². The largest absolute Gasteiger partial charge is 0.458 e. The molecule has 0 spiro atoms. The highest BCUT2D eigenvalue weighted by Crippen LogP contribution is 2.19. The second-order valence-corrected chi connectivity index (χ2v) is 4.90. The van der Waals surface area contributed by atoms with Crippen LogP contribution in [0.2, 0.25) is 5.15 Å². The number of imidazole rings is 1. The first-order valence-electron chi connectivity index (χ1n) is 6.69. The molecule has 2 N–H and O–H groups in total. The summed E-state index contributed by atoms with van der Waals surface area (Å²) in [7, 11) is 0. The van der Waals surface area contributed by atoms with Crippen LogP contribution in [0.5, 0.6) is 0 Å². The van der Waals surface area contributed by atoms with Crippen molar-refractivity contribution in [1.29, 1.82) is 0 Å². The number of carbonyl (C=O) groups excluding carboxylic acids is 1. The van der Waals surface area contributed by atoms with E-state index < -0.39 is 0 Å². The minimum absolute atomic E-state index is 0.0631. The van der Waals surface area contributed by atoms with Crippen LogP contribution in [0.4, 0.5) is 5.95 Å². The zero-order valence-corrected chi connectivity index (χ0v) is 12.6. The third-order valence-electron chi connectivity index (χ3n) is 2.98. The second-order valence-electron chi connectivity index (χ2n) is 4.55. The van der Waals surface area contributed by atoms with Crippen molar-refractivity contribution in [3.05, 3.63) is 53.5 Å². The normalized spacial score (nSPS) is 11.2. The predicted octanol–water partition coefficient (Wildman–Crippen LogP) is 2.39. The van der Waals surface area contributed by atoms with Gasteiger partial charge in [-0.1, -0.05) is 29.8 Å². The zero-order valence-electron chi connectivity index (χ0n) is 11.9. The summed E-state index contributed by atoms with van der Waals surface area (Å²) in [5.41, 5.74) is 7.00. The molecule has 0 aliphatic heterocycles. The monoisotopic (exact) mass is 329 g/mol. The third-order valence-corrected chi connectivity index (χ3v) is 3.25. The maximum atomic E-state index is 11.8. The topological polar surface area (TPSA) is 95.9 Å². The average molecular weight is 330 g/mol. The Morgan fingerprint density at radius 2 is 2.09 bits per heavy atom. The first-order valence-corrected chi connectivity index (χ1v) is 7.07. The number of rotatable bonds is 4. The van der Waals surface area contributed by atoms with Gasteiger partial charge in [0, 0.05) is 6.20 Å². The van der Waals surface area contributed by atoms with E-state index in [1.807, 2.05) is 6.07 Å². The molecule has 116 valence electrons. The number of hydrogen-bond donors (Lipinski definition) is 1. The molecule has 0 atom stereocenters. The lowest BCUT2D eigenvalue weighted by Gasteiger charge is -2.01. The first kappa shape index (κ1) is 15.0. The van der Waals surface area contributed by atoms with Crippen LogP contribution in [0.15, 0.2) is 42.7 Å². The van der Waals surface area contributed by atoms with E-state index >= 15 is 0 Å². The number of carbonyl (C=O) groups is 1. The standard InChI is InChI=1S/C15H12ClN5O2/c16-12-11-13(20-15(17)19-12)21(9-18-11)7-4-8-23-14(22)10-5-2-1-3-6-10/h1-7,9H,8H2,(H2,17,19,20). The number of benzene rings is 1. The number of hydrogen-bond acceptors (Lipinski definition) is 6. The van der Waals surface area contributed by atoms with Gasteiger partial charge in [-0.05, 0) is 18.2 Å². The molecule has 2 heterocycles. The molecule has 0 unspecified atom stereocenters. The van der Waals surface area contributed by atoms with Gasteiger partial charge in [0.1, 0.15) is 18.5 Å². The number of esters is 1. The molecule has 7 nitrogen and oxygen atoms in total. The summed E-state index contributed by atoms with van der Waals surface area (Å²) in [5.74, 6) is -0.325. The molecular weight excluding hydrogens is 318 g/mol. The van der Waals surface area contributed by atoms with Gasteiger partial charge in [0.15, 0.2) is 10.8 Å². The summed E-state index contributed by atoms with van der Waals surface area (Å²) in [6, 6.07) is 8.77. The lowest BCUT2D eigenvalue weighted by Crippen LogP contribution is -2.04. The van der Waals surface area contributed by atoms with Gasteiger partial charge in [-0.25, -0.2) is 9.78 Å². The zero-order chi connectivity index (χ0) is 16.2. The molecule has 2 aromatic heterocycles. The van der Waals surface area contributed by atoms with Crippen molar-refractivity contribution in [3.8, 4) is 0 Å². The molecule has 0 saturated heterocycles. The van der Waals surface area contributed by atoms with Gasteiger partial charge in [-0.2, -0.15) is 9.97 Å². The molecule has 8 heteroatoms. The highest BCUT2D eigenvalue weighted by atomic mass is 35.5. The van der Waals surface area contributed by atoms with Crippen LogP contribution in [0.25, 0.3) is 17.4 Å². The predicted molar refractivity (Wildman–Crippen MR) is 86.8 cm³/mol. The smallest absolute Gasteiger partial charge is 0.338 e. The Morgan fingerprint density at radius 1 is 1.30 bits per heavy atom. The van der Waals surface area contributed by atoms with Crippen LogP contribution in [0.3, 0.4) is 0 Å². The molecule has 0 amide bonds. The molecular formula is C15H12ClN5O2. The van der Waals surface area contributed by atoms with E-state index in [0.717, 1.165) is 0 Å². The van der Waals surface area contributed by atoms with E-state index in [1.54, 1.807) is 41.1 Å². The molecule has 3 aromatic rings. The molecule has 3 rings (SSSR count). The minimum Gasteiger partial charge on any atom is -0.458 e. The van der Waals surface area contributed by atoms with Gasteiger partial charge in [0.2, 0.25) is 5.95 Å². The Labute approximate surface area is 136 Å². The second kappa shape index (κ2) is 6.45. The first-order chi connectivity index (χ1) is 11.1. The molecule has 0 fully saturated rings. The lowest BCUT2D eigenvalue weighted by molar-refractivity contribution is 0.0550. The number of halogens is 1. The maximum absolute atomic E-state index is 11.8. The van der Waals surface area contributed by atoms with Crippen LogP contribution in [0, 0.1) is 0 Å². The Kier molecular flexibility index (Phi) is 4.20. The number of anilines is 1. The molecule has 0 saturated carbocycles. The molecule has 0 radical (unpaired) electrons. The minimum atomic E-state index is -0.389. The summed E-state index contributed by atoms with van der Waals surface area (Å²) in [6.07, 6.45) is 4.85. The third kappa shape index (κ3) is 3.29. The van der Waals surface area contributed by atoms with E-state index in [2.05, 4.69) is 15.0 Å². The van der Waals surface area contributed by atoms with E-state index in [9.17, 15) is 4.79 Å². The summed E-state index contributed by atoms with van der Waals surface area (Å²) in [5, 5.41) is 0.190. The van der Waals surface area contributed by atoms with Gasteiger partial charge in [0.05, 0.1) is 5.56 Å². The fraction of sp³-hybridized carbons (Fsp3) is 0.0667. The van der Waals surface area contributed by atoms with E-state index in [1.165, 1.54) is 6.33 Å². The van der Waals surface area contributed by atoms with Gasteiger partial charge in [-0.15, -0.1) is 0 Å². The molecule has 23 heavy (non-hydrogen) atoms. The Hall–Kier alpha value is -2.93. The van der Waals surface area contributed by atoms with Crippen LogP contribution in [0.1, 0.15) is 10.4 Å². The number of nitrogen functional groups attached to an aromatic ring is 1. The quantitative estimate of drug-likeness (QED) is 0.583. The van der Waals surface area contributed by atoms with Crippen molar-refractivity contribution in [2.24, 2.45) is 0 Å². The highest BCUT2D eigenvalue weighted by Gasteiger charge is 2.09. The molecule has 0 bridgehead atoms.